The Morgan fingerprint density at radius 2 is 1.57 bits per heavy atom. The van der Waals surface area contributed by atoms with Gasteiger partial charge >= 0.3 is 11.9 Å². The molecule has 4 heteroatoms. The first-order valence-corrected chi connectivity index (χ1v) is 11.5. The van der Waals surface area contributed by atoms with Crippen molar-refractivity contribution < 1.29 is 19.1 Å². The smallest absolute Gasteiger partial charge is 0.303 e. The maximum absolute atomic E-state index is 11.0. The number of fused-ring (bicyclic) bond motifs is 2. The normalized spacial score (nSPS) is 38.1. The minimum Gasteiger partial charge on any atom is -0.458 e. The summed E-state index contributed by atoms with van der Waals surface area (Å²) in [5.41, 5.74) is 1.63. The molecule has 5 unspecified atom stereocenters. The minimum atomic E-state index is -0.371. The molecular weight excluding hydrogens is 376 g/mol. The summed E-state index contributed by atoms with van der Waals surface area (Å²) in [6.45, 7) is 20.2. The lowest BCUT2D eigenvalue weighted by Gasteiger charge is -2.60. The Bertz CT molecular complexity index is 727. The molecule has 0 aromatic rings. The molecular formula is C26H42O4. The Balaban J connectivity index is 0.000000197. The second kappa shape index (κ2) is 8.51. The van der Waals surface area contributed by atoms with Crippen molar-refractivity contribution in [2.24, 2.45) is 34.5 Å². The van der Waals surface area contributed by atoms with Crippen molar-refractivity contribution in [3.05, 3.63) is 23.8 Å². The molecule has 170 valence electrons. The van der Waals surface area contributed by atoms with Gasteiger partial charge in [-0.2, -0.15) is 0 Å². The molecule has 0 aliphatic heterocycles. The van der Waals surface area contributed by atoms with Crippen molar-refractivity contribution in [1.82, 2.24) is 0 Å². The second-order valence-corrected chi connectivity index (χ2v) is 10.6. The zero-order chi connectivity index (χ0) is 23.1. The molecule has 6 rings (SSSR count). The number of carbonyl (C=O) groups is 2. The average Bonchev–Trinajstić information content (AvgIpc) is 2.61. The molecule has 6 aliphatic rings. The van der Waals surface area contributed by atoms with E-state index in [-0.39, 0.29) is 23.6 Å². The van der Waals surface area contributed by atoms with E-state index in [4.69, 9.17) is 9.47 Å². The van der Waals surface area contributed by atoms with Crippen LogP contribution in [0.5, 0.6) is 0 Å². The van der Waals surface area contributed by atoms with Gasteiger partial charge in [0.15, 0.2) is 0 Å². The first-order chi connectivity index (χ1) is 13.8. The fourth-order valence-corrected chi connectivity index (χ4v) is 6.19. The van der Waals surface area contributed by atoms with Gasteiger partial charge in [-0.3, -0.25) is 9.59 Å². The van der Waals surface area contributed by atoms with Gasteiger partial charge in [0.2, 0.25) is 0 Å². The molecule has 0 amide bonds. The van der Waals surface area contributed by atoms with Crippen LogP contribution in [0.3, 0.4) is 0 Å². The van der Waals surface area contributed by atoms with Crippen LogP contribution in [-0.2, 0) is 19.1 Å². The molecule has 6 aliphatic carbocycles. The highest BCUT2D eigenvalue weighted by atomic mass is 16.6. The van der Waals surface area contributed by atoms with Crippen molar-refractivity contribution in [2.75, 3.05) is 0 Å². The summed E-state index contributed by atoms with van der Waals surface area (Å²) in [4.78, 5) is 22.0. The summed E-state index contributed by atoms with van der Waals surface area (Å²) in [5.74, 6) is 2.04. The van der Waals surface area contributed by atoms with Crippen LogP contribution in [0.15, 0.2) is 23.8 Å². The molecule has 6 atom stereocenters. The Labute approximate surface area is 183 Å². The highest BCUT2D eigenvalue weighted by Crippen LogP contribution is 2.61. The van der Waals surface area contributed by atoms with E-state index in [1.807, 2.05) is 20.8 Å². The Hall–Kier alpha value is -1.58. The Morgan fingerprint density at radius 1 is 0.967 bits per heavy atom. The number of hydrogen-bond donors (Lipinski definition) is 0. The lowest BCUT2D eigenvalue weighted by Crippen LogP contribution is -2.58. The zero-order valence-corrected chi connectivity index (χ0v) is 20.7. The minimum absolute atomic E-state index is 0.0208. The molecule has 0 saturated heterocycles. The van der Waals surface area contributed by atoms with Crippen LogP contribution in [0.2, 0.25) is 0 Å². The molecule has 2 saturated carbocycles. The summed E-state index contributed by atoms with van der Waals surface area (Å²) in [6.07, 6.45) is 8.78. The maximum atomic E-state index is 11.0. The third-order valence-electron chi connectivity index (χ3n) is 8.08. The average molecular weight is 419 g/mol. The first-order valence-electron chi connectivity index (χ1n) is 11.5. The molecule has 2 fully saturated rings. The van der Waals surface area contributed by atoms with Gasteiger partial charge in [0.25, 0.3) is 0 Å². The standard InChI is InChI=1S/2C12H18O2.C2H6/c1-7-5-11(14-8(2)13)10-6-9(7)12(10,3)4;1-8(13)14-12(4)6-5-9-7-10(12)11(9,2)3;1-2/h5,9-11H,6H2,1-4H3;5-6,9-10H,7H2,1-4H3;1-2H3/t9-,10?,11?;;/m1../s1. The largest absolute Gasteiger partial charge is 0.458 e. The van der Waals surface area contributed by atoms with E-state index in [1.54, 1.807) is 0 Å². The highest BCUT2D eigenvalue weighted by molar-refractivity contribution is 5.67. The van der Waals surface area contributed by atoms with E-state index in [0.717, 1.165) is 6.42 Å². The fourth-order valence-electron chi connectivity index (χ4n) is 6.19. The molecule has 4 nitrogen and oxygen atoms in total. The number of rotatable bonds is 2. The van der Waals surface area contributed by atoms with E-state index < -0.39 is 0 Å². The number of allylic oxidation sites excluding steroid dienone is 2. The van der Waals surface area contributed by atoms with Gasteiger partial charge in [0.05, 0.1) is 0 Å². The monoisotopic (exact) mass is 418 g/mol. The van der Waals surface area contributed by atoms with Gasteiger partial charge in [0, 0.05) is 25.7 Å². The summed E-state index contributed by atoms with van der Waals surface area (Å²) in [5, 5.41) is 0. The maximum Gasteiger partial charge on any atom is 0.303 e. The molecule has 0 heterocycles. The summed E-state index contributed by atoms with van der Waals surface area (Å²) < 4.78 is 10.8. The van der Waals surface area contributed by atoms with E-state index in [0.29, 0.717) is 34.5 Å². The van der Waals surface area contributed by atoms with E-state index in [2.05, 4.69) is 52.8 Å². The lowest BCUT2D eigenvalue weighted by atomic mass is 9.47. The van der Waals surface area contributed by atoms with Crippen molar-refractivity contribution in [3.63, 3.8) is 0 Å². The summed E-state index contributed by atoms with van der Waals surface area (Å²) in [6, 6.07) is 0. The quantitative estimate of drug-likeness (QED) is 0.401. The van der Waals surface area contributed by atoms with E-state index in [1.165, 1.54) is 25.8 Å². The number of hydrogen-bond acceptors (Lipinski definition) is 4. The van der Waals surface area contributed by atoms with Crippen LogP contribution >= 0.6 is 0 Å². The first kappa shape index (κ1) is 24.7. The van der Waals surface area contributed by atoms with E-state index in [9.17, 15) is 9.59 Å². The molecule has 0 spiro atoms. The molecule has 0 radical (unpaired) electrons. The fraction of sp³-hybridized carbons (Fsp3) is 0.769. The second-order valence-electron chi connectivity index (χ2n) is 10.6. The van der Waals surface area contributed by atoms with Crippen LogP contribution in [0.4, 0.5) is 0 Å². The van der Waals surface area contributed by atoms with Crippen molar-refractivity contribution in [1.29, 1.82) is 0 Å². The Kier molecular flexibility index (Phi) is 7.00. The van der Waals surface area contributed by atoms with Crippen molar-refractivity contribution in [2.45, 2.75) is 93.8 Å². The lowest BCUT2D eigenvalue weighted by molar-refractivity contribution is -0.178. The van der Waals surface area contributed by atoms with E-state index >= 15 is 0 Å². The predicted octanol–water partition coefficient (Wildman–Crippen LogP) is 6.11. The van der Waals surface area contributed by atoms with Gasteiger partial charge in [-0.1, -0.05) is 53.2 Å². The molecule has 30 heavy (non-hydrogen) atoms. The molecule has 0 aromatic heterocycles. The van der Waals surface area contributed by atoms with Crippen LogP contribution in [0, 0.1) is 34.5 Å². The molecule has 0 N–H and O–H groups in total. The SMILES string of the molecule is CC.CC(=O)OC1(C)C=CC2CC1C2(C)C.CC(=O)OC1C=C(C)[C@H]2CC1C2(C)C. The summed E-state index contributed by atoms with van der Waals surface area (Å²) in [7, 11) is 0. The van der Waals surface area contributed by atoms with Crippen LogP contribution in [0.1, 0.15) is 82.1 Å². The number of carbonyl (C=O) groups excluding carboxylic acids is 2. The molecule has 0 aromatic carbocycles. The topological polar surface area (TPSA) is 52.6 Å². The zero-order valence-electron chi connectivity index (χ0n) is 20.7. The van der Waals surface area contributed by atoms with Gasteiger partial charge in [0.1, 0.15) is 11.7 Å². The number of esters is 2. The van der Waals surface area contributed by atoms with Gasteiger partial charge < -0.3 is 9.47 Å². The third-order valence-corrected chi connectivity index (χ3v) is 8.08. The Morgan fingerprint density at radius 3 is 1.97 bits per heavy atom. The van der Waals surface area contributed by atoms with Gasteiger partial charge in [-0.15, -0.1) is 0 Å². The van der Waals surface area contributed by atoms with Crippen LogP contribution < -0.4 is 0 Å². The highest BCUT2D eigenvalue weighted by Gasteiger charge is 2.58. The van der Waals surface area contributed by atoms with Crippen molar-refractivity contribution >= 4 is 11.9 Å². The predicted molar refractivity (Wildman–Crippen MR) is 121 cm³/mol. The van der Waals surface area contributed by atoms with Crippen LogP contribution in [-0.4, -0.2) is 23.6 Å². The summed E-state index contributed by atoms with van der Waals surface area (Å²) >= 11 is 0. The van der Waals surface area contributed by atoms with Crippen molar-refractivity contribution in [3.8, 4) is 0 Å². The van der Waals surface area contributed by atoms with Gasteiger partial charge in [-0.25, -0.2) is 0 Å². The molecule has 4 bridgehead atoms. The van der Waals surface area contributed by atoms with Gasteiger partial charge in [-0.05, 0) is 61.5 Å². The third kappa shape index (κ3) is 4.24. The number of ether oxygens (including phenoxy) is 2. The van der Waals surface area contributed by atoms with Crippen LogP contribution in [0.25, 0.3) is 0 Å².